The zero-order chi connectivity index (χ0) is 15.2. The van der Waals surface area contributed by atoms with E-state index in [1.165, 1.54) is 11.1 Å². The molecule has 0 amide bonds. The fraction of sp³-hybridized carbons (Fsp3) is 0.300. The molecular weight excluding hydrogens is 292 g/mol. The molecule has 114 valence electrons. The fourth-order valence-corrected chi connectivity index (χ4v) is 2.98. The summed E-state index contributed by atoms with van der Waals surface area (Å²) in [6.07, 6.45) is 9.03. The molecule has 0 N–H and O–H groups in total. The summed E-state index contributed by atoms with van der Waals surface area (Å²) in [5.41, 5.74) is 2.65. The van der Waals surface area contributed by atoms with Crippen molar-refractivity contribution in [2.75, 3.05) is 0 Å². The summed E-state index contributed by atoms with van der Waals surface area (Å²) in [7, 11) is 0. The lowest BCUT2D eigenvalue weighted by atomic mass is 10.0. The molecule has 0 radical (unpaired) electrons. The third-order valence-electron chi connectivity index (χ3n) is 4.06. The van der Waals surface area contributed by atoms with Crippen LogP contribution in [0.1, 0.15) is 24.0 Å². The van der Waals surface area contributed by atoms with Crippen molar-refractivity contribution < 1.29 is 4.74 Å². The Bertz CT molecular complexity index is 603. The van der Waals surface area contributed by atoms with Crippen LogP contribution in [0.3, 0.4) is 0 Å². The second kappa shape index (κ2) is 7.62. The molecule has 2 heteroatoms. The molecule has 2 atom stereocenters. The summed E-state index contributed by atoms with van der Waals surface area (Å²) in [5.74, 6) is 0. The van der Waals surface area contributed by atoms with Crippen molar-refractivity contribution in [1.29, 1.82) is 0 Å². The molecule has 0 aliphatic carbocycles. The van der Waals surface area contributed by atoms with Crippen molar-refractivity contribution >= 4 is 11.6 Å². The van der Waals surface area contributed by atoms with Gasteiger partial charge in [0.1, 0.15) is 0 Å². The van der Waals surface area contributed by atoms with Gasteiger partial charge >= 0.3 is 0 Å². The molecule has 3 rings (SSSR count). The topological polar surface area (TPSA) is 9.23 Å². The van der Waals surface area contributed by atoms with Crippen LogP contribution in [0.4, 0.5) is 0 Å². The first-order valence-corrected chi connectivity index (χ1v) is 8.28. The summed E-state index contributed by atoms with van der Waals surface area (Å²) in [4.78, 5) is 0. The monoisotopic (exact) mass is 312 g/mol. The van der Waals surface area contributed by atoms with Crippen LogP contribution < -0.4 is 0 Å². The Morgan fingerprint density at radius 1 is 0.955 bits per heavy atom. The molecule has 0 fully saturated rings. The minimum atomic E-state index is 0.177. The van der Waals surface area contributed by atoms with Crippen LogP contribution in [0.5, 0.6) is 0 Å². The van der Waals surface area contributed by atoms with Gasteiger partial charge < -0.3 is 4.74 Å². The molecular formula is C20H21ClO. The van der Waals surface area contributed by atoms with E-state index >= 15 is 0 Å². The Morgan fingerprint density at radius 3 is 2.50 bits per heavy atom. The quantitative estimate of drug-likeness (QED) is 0.687. The molecule has 2 aromatic carbocycles. The lowest BCUT2D eigenvalue weighted by Crippen LogP contribution is -2.26. The van der Waals surface area contributed by atoms with E-state index in [0.717, 1.165) is 30.7 Å². The molecule has 0 spiro atoms. The summed E-state index contributed by atoms with van der Waals surface area (Å²) in [6, 6.07) is 18.7. The molecule has 0 saturated carbocycles. The number of halogens is 1. The Morgan fingerprint density at radius 2 is 1.73 bits per heavy atom. The summed E-state index contributed by atoms with van der Waals surface area (Å²) in [5, 5.41) is 0.782. The fourth-order valence-electron chi connectivity index (χ4n) is 2.86. The van der Waals surface area contributed by atoms with Gasteiger partial charge in [-0.2, -0.15) is 0 Å². The third-order valence-corrected chi connectivity index (χ3v) is 4.32. The van der Waals surface area contributed by atoms with E-state index in [-0.39, 0.29) is 6.10 Å². The third kappa shape index (κ3) is 4.46. The number of hydrogen-bond acceptors (Lipinski definition) is 1. The normalized spacial score (nSPS) is 21.0. The predicted molar refractivity (Wildman–Crippen MR) is 92.3 cm³/mol. The van der Waals surface area contributed by atoms with Crippen LogP contribution in [-0.4, -0.2) is 12.2 Å². The molecule has 0 saturated heterocycles. The van der Waals surface area contributed by atoms with Gasteiger partial charge in [0.2, 0.25) is 0 Å². The predicted octanol–water partition coefficient (Wildman–Crippen LogP) is 5.23. The van der Waals surface area contributed by atoms with Gasteiger partial charge in [0, 0.05) is 11.4 Å². The van der Waals surface area contributed by atoms with Crippen LogP contribution in [0, 0.1) is 0 Å². The van der Waals surface area contributed by atoms with Crippen LogP contribution in [-0.2, 0) is 17.6 Å². The van der Waals surface area contributed by atoms with Crippen LogP contribution in [0.25, 0.3) is 0 Å². The second-order valence-corrected chi connectivity index (χ2v) is 6.25. The van der Waals surface area contributed by atoms with E-state index in [2.05, 4.69) is 54.6 Å². The lowest BCUT2D eigenvalue weighted by Gasteiger charge is -2.26. The molecule has 22 heavy (non-hydrogen) atoms. The Hall–Kier alpha value is -1.57. The average Bonchev–Trinajstić information content (AvgIpc) is 2.57. The van der Waals surface area contributed by atoms with Crippen LogP contribution >= 0.6 is 11.6 Å². The highest BCUT2D eigenvalue weighted by atomic mass is 35.5. The van der Waals surface area contributed by atoms with Crippen molar-refractivity contribution in [2.24, 2.45) is 0 Å². The minimum absolute atomic E-state index is 0.177. The van der Waals surface area contributed by atoms with Gasteiger partial charge in [0.15, 0.2) is 0 Å². The van der Waals surface area contributed by atoms with E-state index < -0.39 is 0 Å². The second-order valence-electron chi connectivity index (χ2n) is 5.82. The molecule has 0 unspecified atom stereocenters. The highest BCUT2D eigenvalue weighted by molar-refractivity contribution is 6.30. The molecule has 1 heterocycles. The maximum absolute atomic E-state index is 6.22. The van der Waals surface area contributed by atoms with Crippen molar-refractivity contribution in [3.8, 4) is 0 Å². The van der Waals surface area contributed by atoms with Crippen molar-refractivity contribution in [3.63, 3.8) is 0 Å². The zero-order valence-corrected chi connectivity index (χ0v) is 13.4. The summed E-state index contributed by atoms with van der Waals surface area (Å²) < 4.78 is 6.22. The number of ether oxygens (including phenoxy) is 1. The Balaban J connectivity index is 1.52. The van der Waals surface area contributed by atoms with Crippen LogP contribution in [0.2, 0.25) is 5.02 Å². The van der Waals surface area contributed by atoms with E-state index in [1.807, 2.05) is 12.1 Å². The smallest absolute Gasteiger partial charge is 0.0800 e. The first kappa shape index (κ1) is 15.3. The minimum Gasteiger partial charge on any atom is -0.370 e. The van der Waals surface area contributed by atoms with Gasteiger partial charge in [-0.25, -0.2) is 0 Å². The first-order valence-electron chi connectivity index (χ1n) is 7.90. The van der Waals surface area contributed by atoms with Gasteiger partial charge in [-0.1, -0.05) is 66.2 Å². The standard InChI is InChI=1S/C20H21ClO/c21-18-12-9-17(10-13-18)15-20-8-4-7-19(22-20)14-11-16-5-2-1-3-6-16/h1-6,8-10,12-13,19-20H,7,11,14-15H2/t19-,20+/m1/s1. The summed E-state index contributed by atoms with van der Waals surface area (Å²) >= 11 is 5.93. The van der Waals surface area contributed by atoms with E-state index in [1.54, 1.807) is 0 Å². The number of hydrogen-bond donors (Lipinski definition) is 0. The maximum atomic E-state index is 6.22. The highest BCUT2D eigenvalue weighted by Gasteiger charge is 2.18. The van der Waals surface area contributed by atoms with Gasteiger partial charge in [0.25, 0.3) is 0 Å². The van der Waals surface area contributed by atoms with Gasteiger partial charge in [-0.05, 0) is 42.5 Å². The molecule has 1 aliphatic heterocycles. The van der Waals surface area contributed by atoms with Crippen molar-refractivity contribution in [1.82, 2.24) is 0 Å². The van der Waals surface area contributed by atoms with Crippen molar-refractivity contribution in [2.45, 2.75) is 37.9 Å². The van der Waals surface area contributed by atoms with E-state index in [9.17, 15) is 0 Å². The molecule has 0 bridgehead atoms. The van der Waals surface area contributed by atoms with Gasteiger partial charge in [0.05, 0.1) is 12.2 Å². The number of benzene rings is 2. The first-order chi connectivity index (χ1) is 10.8. The largest absolute Gasteiger partial charge is 0.370 e. The number of rotatable bonds is 5. The van der Waals surface area contributed by atoms with Gasteiger partial charge in [-0.15, -0.1) is 0 Å². The van der Waals surface area contributed by atoms with E-state index in [4.69, 9.17) is 16.3 Å². The molecule has 0 aromatic heterocycles. The molecule has 1 aliphatic rings. The average molecular weight is 313 g/mol. The molecule has 2 aromatic rings. The van der Waals surface area contributed by atoms with Gasteiger partial charge in [-0.3, -0.25) is 0 Å². The summed E-state index contributed by atoms with van der Waals surface area (Å²) in [6.45, 7) is 0. The van der Waals surface area contributed by atoms with Crippen LogP contribution in [0.15, 0.2) is 66.7 Å². The Labute approximate surface area is 137 Å². The maximum Gasteiger partial charge on any atom is 0.0800 e. The van der Waals surface area contributed by atoms with E-state index in [0.29, 0.717) is 6.10 Å². The zero-order valence-electron chi connectivity index (χ0n) is 12.6. The Kier molecular flexibility index (Phi) is 5.31. The number of aryl methyl sites for hydroxylation is 1. The highest BCUT2D eigenvalue weighted by Crippen LogP contribution is 2.21. The lowest BCUT2D eigenvalue weighted by molar-refractivity contribution is 0.00242. The van der Waals surface area contributed by atoms with Crippen molar-refractivity contribution in [3.05, 3.63) is 82.9 Å². The SMILES string of the molecule is Clc1ccc(C[C@@H]2C=CC[C@H](CCc3ccccc3)O2)cc1. The molecule has 1 nitrogen and oxygen atoms in total.